The quantitative estimate of drug-likeness (QED) is 0.735. The molecule has 0 aliphatic carbocycles. The Morgan fingerprint density at radius 3 is 2.52 bits per heavy atom. The van der Waals surface area contributed by atoms with Crippen LogP contribution < -0.4 is 10.2 Å². The summed E-state index contributed by atoms with van der Waals surface area (Å²) in [5.41, 5.74) is 1.49. The highest BCUT2D eigenvalue weighted by Crippen LogP contribution is 2.23. The van der Waals surface area contributed by atoms with E-state index in [4.69, 9.17) is 9.47 Å². The van der Waals surface area contributed by atoms with Crippen LogP contribution in [0.4, 0.5) is 0 Å². The first-order valence-electron chi connectivity index (χ1n) is 7.38. The van der Waals surface area contributed by atoms with E-state index in [0.29, 0.717) is 11.4 Å². The standard InChI is InChI=1S/C15H24BNO4/c1-20-11-12-5-7-17(8-6-12)10-13-9-14(16(18)19)3-4-15(13)21-2/h3-4,9,12,18-19H,5-8,10-11H2,1-2H3. The van der Waals surface area contributed by atoms with Crippen LogP contribution in [0.2, 0.25) is 0 Å². The van der Waals surface area contributed by atoms with Crippen molar-refractivity contribution in [3.63, 3.8) is 0 Å². The van der Waals surface area contributed by atoms with Crippen molar-refractivity contribution in [1.29, 1.82) is 0 Å². The van der Waals surface area contributed by atoms with Crippen LogP contribution in [0.25, 0.3) is 0 Å². The highest BCUT2D eigenvalue weighted by molar-refractivity contribution is 6.58. The van der Waals surface area contributed by atoms with Gasteiger partial charge in [-0.2, -0.15) is 0 Å². The van der Waals surface area contributed by atoms with Crippen LogP contribution in [0.3, 0.4) is 0 Å². The molecule has 1 aromatic carbocycles. The van der Waals surface area contributed by atoms with Gasteiger partial charge in [-0.1, -0.05) is 12.1 Å². The van der Waals surface area contributed by atoms with Gasteiger partial charge in [0, 0.05) is 25.8 Å². The lowest BCUT2D eigenvalue weighted by molar-refractivity contribution is 0.0965. The van der Waals surface area contributed by atoms with Gasteiger partial charge in [-0.25, -0.2) is 0 Å². The number of benzene rings is 1. The Kier molecular flexibility index (Phi) is 6.05. The molecule has 1 heterocycles. The van der Waals surface area contributed by atoms with Crippen molar-refractivity contribution in [3.05, 3.63) is 23.8 Å². The molecule has 0 saturated carbocycles. The van der Waals surface area contributed by atoms with Crippen LogP contribution in [-0.2, 0) is 11.3 Å². The summed E-state index contributed by atoms with van der Waals surface area (Å²) >= 11 is 0. The molecular formula is C15H24BNO4. The van der Waals surface area contributed by atoms with E-state index in [2.05, 4.69) is 4.90 Å². The van der Waals surface area contributed by atoms with Crippen molar-refractivity contribution in [2.24, 2.45) is 5.92 Å². The Morgan fingerprint density at radius 1 is 1.24 bits per heavy atom. The third kappa shape index (κ3) is 4.44. The zero-order chi connectivity index (χ0) is 15.2. The molecule has 0 aromatic heterocycles. The van der Waals surface area contributed by atoms with Crippen LogP contribution in [0, 0.1) is 5.92 Å². The van der Waals surface area contributed by atoms with E-state index in [1.165, 1.54) is 0 Å². The van der Waals surface area contributed by atoms with Crippen LogP contribution in [0.1, 0.15) is 18.4 Å². The summed E-state index contributed by atoms with van der Waals surface area (Å²) in [5.74, 6) is 1.44. The minimum atomic E-state index is -1.44. The van der Waals surface area contributed by atoms with Crippen LogP contribution in [-0.4, -0.2) is 56.0 Å². The molecule has 1 aromatic rings. The van der Waals surface area contributed by atoms with Gasteiger partial charge in [0.05, 0.1) is 7.11 Å². The second-order valence-electron chi connectivity index (χ2n) is 5.62. The molecule has 116 valence electrons. The number of hydrogen-bond acceptors (Lipinski definition) is 5. The van der Waals surface area contributed by atoms with E-state index in [0.717, 1.165) is 50.4 Å². The van der Waals surface area contributed by atoms with Crippen molar-refractivity contribution in [1.82, 2.24) is 4.90 Å². The lowest BCUT2D eigenvalue weighted by Crippen LogP contribution is -2.35. The fraction of sp³-hybridized carbons (Fsp3) is 0.600. The SMILES string of the molecule is COCC1CCN(Cc2cc(B(O)O)ccc2OC)CC1. The zero-order valence-corrected chi connectivity index (χ0v) is 12.8. The average molecular weight is 293 g/mol. The van der Waals surface area contributed by atoms with E-state index >= 15 is 0 Å². The van der Waals surface area contributed by atoms with Gasteiger partial charge in [-0.3, -0.25) is 4.90 Å². The molecule has 6 heteroatoms. The summed E-state index contributed by atoms with van der Waals surface area (Å²) in [6.45, 7) is 3.67. The summed E-state index contributed by atoms with van der Waals surface area (Å²) in [7, 11) is 1.95. The molecule has 0 amide bonds. The van der Waals surface area contributed by atoms with Crippen molar-refractivity contribution in [3.8, 4) is 5.75 Å². The topological polar surface area (TPSA) is 62.2 Å². The number of hydrogen-bond donors (Lipinski definition) is 2. The maximum absolute atomic E-state index is 9.30. The molecule has 1 aliphatic heterocycles. The second kappa shape index (κ2) is 7.80. The van der Waals surface area contributed by atoms with Crippen molar-refractivity contribution >= 4 is 12.6 Å². The molecule has 0 unspecified atom stereocenters. The number of methoxy groups -OCH3 is 2. The molecular weight excluding hydrogens is 269 g/mol. The van der Waals surface area contributed by atoms with Gasteiger partial charge in [0.2, 0.25) is 0 Å². The number of rotatable bonds is 6. The number of nitrogens with zero attached hydrogens (tertiary/aromatic N) is 1. The zero-order valence-electron chi connectivity index (χ0n) is 12.8. The Balaban J connectivity index is 2.00. The molecule has 2 N–H and O–H groups in total. The Morgan fingerprint density at radius 2 is 1.95 bits per heavy atom. The highest BCUT2D eigenvalue weighted by atomic mass is 16.5. The van der Waals surface area contributed by atoms with Gasteiger partial charge < -0.3 is 19.5 Å². The number of ether oxygens (including phenoxy) is 2. The van der Waals surface area contributed by atoms with E-state index in [1.54, 1.807) is 26.4 Å². The molecule has 5 nitrogen and oxygen atoms in total. The van der Waals surface area contributed by atoms with Gasteiger partial charge in [0.1, 0.15) is 5.75 Å². The Bertz CT molecular complexity index is 447. The summed E-state index contributed by atoms with van der Waals surface area (Å²) in [5, 5.41) is 18.6. The van der Waals surface area contributed by atoms with E-state index in [1.807, 2.05) is 6.07 Å². The Hall–Kier alpha value is -1.08. The molecule has 0 atom stereocenters. The van der Waals surface area contributed by atoms with Crippen molar-refractivity contribution in [2.45, 2.75) is 19.4 Å². The van der Waals surface area contributed by atoms with Gasteiger partial charge in [0.25, 0.3) is 0 Å². The van der Waals surface area contributed by atoms with E-state index in [-0.39, 0.29) is 0 Å². The molecule has 1 aliphatic rings. The maximum atomic E-state index is 9.30. The summed E-state index contributed by atoms with van der Waals surface area (Å²) < 4.78 is 10.6. The molecule has 2 rings (SSSR count). The van der Waals surface area contributed by atoms with Gasteiger partial charge >= 0.3 is 7.12 Å². The average Bonchev–Trinajstić information content (AvgIpc) is 2.49. The second-order valence-corrected chi connectivity index (χ2v) is 5.62. The van der Waals surface area contributed by atoms with Gasteiger partial charge in [-0.15, -0.1) is 0 Å². The lowest BCUT2D eigenvalue weighted by Gasteiger charge is -2.32. The van der Waals surface area contributed by atoms with Gasteiger partial charge in [-0.05, 0) is 43.4 Å². The molecule has 0 bridgehead atoms. The minimum absolute atomic E-state index is 0.500. The number of piperidine rings is 1. The van der Waals surface area contributed by atoms with Gasteiger partial charge in [0.15, 0.2) is 0 Å². The normalized spacial score (nSPS) is 17.0. The first kappa shape index (κ1) is 16.3. The smallest absolute Gasteiger partial charge is 0.488 e. The van der Waals surface area contributed by atoms with E-state index < -0.39 is 7.12 Å². The monoisotopic (exact) mass is 293 g/mol. The molecule has 1 fully saturated rings. The summed E-state index contributed by atoms with van der Waals surface area (Å²) in [6, 6.07) is 5.28. The predicted octanol–water partition coefficient (Wildman–Crippen LogP) is 0.233. The number of likely N-dealkylation sites (tertiary alicyclic amines) is 1. The first-order chi connectivity index (χ1) is 10.1. The highest BCUT2D eigenvalue weighted by Gasteiger charge is 2.21. The minimum Gasteiger partial charge on any atom is -0.496 e. The summed E-state index contributed by atoms with van der Waals surface area (Å²) in [4.78, 5) is 2.37. The third-order valence-corrected chi connectivity index (χ3v) is 4.11. The Labute approximate surface area is 126 Å². The van der Waals surface area contributed by atoms with Crippen LogP contribution >= 0.6 is 0 Å². The molecule has 0 radical (unpaired) electrons. The molecule has 1 saturated heterocycles. The van der Waals surface area contributed by atoms with E-state index in [9.17, 15) is 10.0 Å². The summed E-state index contributed by atoms with van der Waals surface area (Å²) in [6.07, 6.45) is 2.27. The predicted molar refractivity (Wildman–Crippen MR) is 82.7 cm³/mol. The molecule has 0 spiro atoms. The van der Waals surface area contributed by atoms with Crippen LogP contribution in [0.15, 0.2) is 18.2 Å². The first-order valence-corrected chi connectivity index (χ1v) is 7.38. The van der Waals surface area contributed by atoms with Crippen molar-refractivity contribution < 1.29 is 19.5 Å². The maximum Gasteiger partial charge on any atom is 0.488 e. The van der Waals surface area contributed by atoms with Crippen LogP contribution in [0.5, 0.6) is 5.75 Å². The van der Waals surface area contributed by atoms with Crippen molar-refractivity contribution in [2.75, 3.05) is 33.9 Å². The fourth-order valence-electron chi connectivity index (χ4n) is 2.87. The molecule has 21 heavy (non-hydrogen) atoms. The fourth-order valence-corrected chi connectivity index (χ4v) is 2.87. The lowest BCUT2D eigenvalue weighted by atomic mass is 9.79. The largest absolute Gasteiger partial charge is 0.496 e. The third-order valence-electron chi connectivity index (χ3n) is 4.11.